The van der Waals surface area contributed by atoms with E-state index in [0.29, 0.717) is 30.2 Å². The van der Waals surface area contributed by atoms with Gasteiger partial charge in [-0.05, 0) is 62.4 Å². The zero-order valence-electron chi connectivity index (χ0n) is 16.5. The number of ether oxygens (including phenoxy) is 2. The summed E-state index contributed by atoms with van der Waals surface area (Å²) in [6.07, 6.45) is 1.15. The van der Waals surface area contributed by atoms with Crippen LogP contribution in [0.4, 0.5) is 5.69 Å². The van der Waals surface area contributed by atoms with E-state index < -0.39 is 10.0 Å². The van der Waals surface area contributed by atoms with Gasteiger partial charge >= 0.3 is 0 Å². The third kappa shape index (κ3) is 5.88. The molecule has 0 aromatic heterocycles. The highest BCUT2D eigenvalue weighted by molar-refractivity contribution is 7.92. The zero-order chi connectivity index (χ0) is 20.7. The lowest BCUT2D eigenvalue weighted by molar-refractivity contribution is 0.0926. The van der Waals surface area contributed by atoms with Crippen LogP contribution < -0.4 is 19.1 Å². The molecule has 7 nitrogen and oxygen atoms in total. The van der Waals surface area contributed by atoms with E-state index in [0.717, 1.165) is 12.0 Å². The fraction of sp³-hybridized carbons (Fsp3) is 0.350. The van der Waals surface area contributed by atoms with Gasteiger partial charge in [0.1, 0.15) is 18.1 Å². The lowest BCUT2D eigenvalue weighted by atomic mass is 10.2. The first kappa shape index (κ1) is 21.6. The number of nitrogens with zero attached hydrogens (tertiary/aromatic N) is 1. The predicted octanol–water partition coefficient (Wildman–Crippen LogP) is 2.68. The van der Waals surface area contributed by atoms with Crippen LogP contribution in [0, 0.1) is 0 Å². The third-order valence-corrected chi connectivity index (χ3v) is 5.31. The van der Waals surface area contributed by atoms with Crippen molar-refractivity contribution in [1.82, 2.24) is 5.32 Å². The normalized spacial score (nSPS) is 12.1. The third-order valence-electron chi connectivity index (χ3n) is 4.04. The summed E-state index contributed by atoms with van der Waals surface area (Å²) >= 11 is 0. The standard InChI is InChI=1S/C20H26N2O5S/c1-5-22(28(4,24)25)17-8-6-16(7-9-17)20(23)21-15(2)14-27-19-12-10-18(26-3)11-13-19/h6-13,15H,5,14H2,1-4H3,(H,21,23)/t15-/m1/s1. The SMILES string of the molecule is CCN(c1ccc(C(=O)N[C@H](C)COc2ccc(OC)cc2)cc1)S(C)(=O)=O. The fourth-order valence-corrected chi connectivity index (χ4v) is 3.60. The Labute approximate surface area is 166 Å². The molecule has 0 aliphatic heterocycles. The summed E-state index contributed by atoms with van der Waals surface area (Å²) in [5.41, 5.74) is 0.974. The zero-order valence-corrected chi connectivity index (χ0v) is 17.3. The molecule has 1 atom stereocenters. The number of carbonyl (C=O) groups is 1. The van der Waals surface area contributed by atoms with Gasteiger partial charge < -0.3 is 14.8 Å². The summed E-state index contributed by atoms with van der Waals surface area (Å²) in [6.45, 7) is 4.24. The van der Waals surface area contributed by atoms with Crippen molar-refractivity contribution in [1.29, 1.82) is 0 Å². The minimum absolute atomic E-state index is 0.211. The Morgan fingerprint density at radius 1 is 1.07 bits per heavy atom. The Hall–Kier alpha value is -2.74. The second-order valence-corrected chi connectivity index (χ2v) is 8.24. The van der Waals surface area contributed by atoms with Crippen molar-refractivity contribution >= 4 is 21.6 Å². The summed E-state index contributed by atoms with van der Waals surface area (Å²) in [4.78, 5) is 12.4. The molecule has 0 radical (unpaired) electrons. The molecule has 152 valence electrons. The van der Waals surface area contributed by atoms with E-state index in [1.165, 1.54) is 4.31 Å². The van der Waals surface area contributed by atoms with Crippen LogP contribution in [0.1, 0.15) is 24.2 Å². The molecule has 2 aromatic rings. The molecule has 1 amide bonds. The first-order valence-electron chi connectivity index (χ1n) is 8.90. The smallest absolute Gasteiger partial charge is 0.251 e. The lowest BCUT2D eigenvalue weighted by Gasteiger charge is -2.20. The van der Waals surface area contributed by atoms with Gasteiger partial charge in [-0.3, -0.25) is 9.10 Å². The molecular weight excluding hydrogens is 380 g/mol. The van der Waals surface area contributed by atoms with Crippen molar-refractivity contribution in [3.63, 3.8) is 0 Å². The molecule has 0 unspecified atom stereocenters. The number of sulfonamides is 1. The van der Waals surface area contributed by atoms with Gasteiger partial charge in [0.05, 0.1) is 25.1 Å². The Kier molecular flexibility index (Phi) is 7.28. The largest absolute Gasteiger partial charge is 0.497 e. The minimum Gasteiger partial charge on any atom is -0.497 e. The molecule has 28 heavy (non-hydrogen) atoms. The number of anilines is 1. The highest BCUT2D eigenvalue weighted by Crippen LogP contribution is 2.19. The fourth-order valence-electron chi connectivity index (χ4n) is 2.63. The van der Waals surface area contributed by atoms with Crippen molar-refractivity contribution in [2.75, 3.05) is 30.8 Å². The molecule has 1 N–H and O–H groups in total. The van der Waals surface area contributed by atoms with Crippen LogP contribution in [0.15, 0.2) is 48.5 Å². The lowest BCUT2D eigenvalue weighted by Crippen LogP contribution is -2.36. The average molecular weight is 407 g/mol. The van der Waals surface area contributed by atoms with E-state index >= 15 is 0 Å². The van der Waals surface area contributed by atoms with E-state index in [4.69, 9.17) is 9.47 Å². The van der Waals surface area contributed by atoms with E-state index in [2.05, 4.69) is 5.32 Å². The number of carbonyl (C=O) groups excluding carboxylic acids is 1. The van der Waals surface area contributed by atoms with Crippen LogP contribution in [0.25, 0.3) is 0 Å². The van der Waals surface area contributed by atoms with E-state index in [1.807, 2.05) is 6.92 Å². The molecule has 0 saturated heterocycles. The first-order chi connectivity index (χ1) is 13.2. The van der Waals surface area contributed by atoms with E-state index in [-0.39, 0.29) is 11.9 Å². The monoisotopic (exact) mass is 406 g/mol. The van der Waals surface area contributed by atoms with Crippen LogP contribution in [0.2, 0.25) is 0 Å². The Morgan fingerprint density at radius 3 is 2.14 bits per heavy atom. The van der Waals surface area contributed by atoms with Crippen molar-refractivity contribution < 1.29 is 22.7 Å². The van der Waals surface area contributed by atoms with E-state index in [1.54, 1.807) is 62.6 Å². The molecule has 0 spiro atoms. The summed E-state index contributed by atoms with van der Waals surface area (Å²) < 4.78 is 35.6. The number of benzene rings is 2. The molecule has 0 saturated carbocycles. The predicted molar refractivity (Wildman–Crippen MR) is 110 cm³/mol. The number of rotatable bonds is 9. The molecule has 0 fully saturated rings. The molecule has 8 heteroatoms. The van der Waals surface area contributed by atoms with Crippen LogP contribution in [0.5, 0.6) is 11.5 Å². The average Bonchev–Trinajstić information content (AvgIpc) is 2.66. The number of nitrogens with one attached hydrogen (secondary N) is 1. The molecule has 0 bridgehead atoms. The molecule has 0 aliphatic rings. The first-order valence-corrected chi connectivity index (χ1v) is 10.7. The van der Waals surface area contributed by atoms with Crippen LogP contribution in [-0.4, -0.2) is 46.9 Å². The van der Waals surface area contributed by atoms with Crippen molar-refractivity contribution in [2.24, 2.45) is 0 Å². The van der Waals surface area contributed by atoms with E-state index in [9.17, 15) is 13.2 Å². The Balaban J connectivity index is 1.92. The van der Waals surface area contributed by atoms with Crippen LogP contribution in [0.3, 0.4) is 0 Å². The number of hydrogen-bond donors (Lipinski definition) is 1. The second kappa shape index (κ2) is 9.45. The van der Waals surface area contributed by atoms with Gasteiger partial charge in [0.25, 0.3) is 5.91 Å². The van der Waals surface area contributed by atoms with Gasteiger partial charge in [0.2, 0.25) is 10.0 Å². The van der Waals surface area contributed by atoms with Gasteiger partial charge in [-0.15, -0.1) is 0 Å². The maximum atomic E-state index is 12.4. The summed E-state index contributed by atoms with van der Waals surface area (Å²) in [5.74, 6) is 1.18. The van der Waals surface area contributed by atoms with Gasteiger partial charge in [0.15, 0.2) is 0 Å². The van der Waals surface area contributed by atoms with Crippen molar-refractivity contribution in [2.45, 2.75) is 19.9 Å². The second-order valence-electron chi connectivity index (χ2n) is 6.34. The Bertz CT molecular complexity index is 880. The molecule has 2 rings (SSSR count). The van der Waals surface area contributed by atoms with Gasteiger partial charge in [-0.1, -0.05) is 0 Å². The number of methoxy groups -OCH3 is 1. The Morgan fingerprint density at radius 2 is 1.64 bits per heavy atom. The minimum atomic E-state index is -3.35. The van der Waals surface area contributed by atoms with Crippen LogP contribution >= 0.6 is 0 Å². The van der Waals surface area contributed by atoms with Gasteiger partial charge in [-0.25, -0.2) is 8.42 Å². The summed E-state index contributed by atoms with van der Waals surface area (Å²) in [6, 6.07) is 13.5. The topological polar surface area (TPSA) is 84.9 Å². The van der Waals surface area contributed by atoms with Gasteiger partial charge in [-0.2, -0.15) is 0 Å². The highest BCUT2D eigenvalue weighted by atomic mass is 32.2. The quantitative estimate of drug-likeness (QED) is 0.692. The molecule has 0 heterocycles. The highest BCUT2D eigenvalue weighted by Gasteiger charge is 2.16. The molecule has 2 aromatic carbocycles. The summed E-state index contributed by atoms with van der Waals surface area (Å²) in [5, 5.41) is 2.86. The number of amides is 1. The van der Waals surface area contributed by atoms with Gasteiger partial charge in [0, 0.05) is 12.1 Å². The molecular formula is C20H26N2O5S. The summed E-state index contributed by atoms with van der Waals surface area (Å²) in [7, 11) is -1.75. The van der Waals surface area contributed by atoms with Crippen molar-refractivity contribution in [3.8, 4) is 11.5 Å². The van der Waals surface area contributed by atoms with Crippen LogP contribution in [-0.2, 0) is 10.0 Å². The maximum Gasteiger partial charge on any atom is 0.251 e. The maximum absolute atomic E-state index is 12.4. The molecule has 0 aliphatic carbocycles. The number of hydrogen-bond acceptors (Lipinski definition) is 5. The van der Waals surface area contributed by atoms with Crippen molar-refractivity contribution in [3.05, 3.63) is 54.1 Å².